The quantitative estimate of drug-likeness (QED) is 0.718. The number of piperidine rings is 1. The summed E-state index contributed by atoms with van der Waals surface area (Å²) in [5.41, 5.74) is 6.16. The molecule has 0 aliphatic carbocycles. The summed E-state index contributed by atoms with van der Waals surface area (Å²) in [6, 6.07) is 8.36. The number of nitrogens with one attached hydrogen (secondary N) is 2. The molecule has 0 spiro atoms. The Morgan fingerprint density at radius 1 is 1.32 bits per heavy atom. The Hall–Kier alpha value is -1.75. The van der Waals surface area contributed by atoms with Crippen LogP contribution in [0.3, 0.4) is 0 Å². The first-order chi connectivity index (χ1) is 9.24. The standard InChI is InChI=1S/C14H21N3O2/c15-14(18)7-10-19-13-3-1-11(2-4-13)17-12-5-8-16-9-6-12/h1-4,12,16-17H,5-10H2,(H2,15,18). The number of carbonyl (C=O) groups is 1. The lowest BCUT2D eigenvalue weighted by atomic mass is 10.1. The van der Waals surface area contributed by atoms with Gasteiger partial charge in [-0.1, -0.05) is 0 Å². The molecule has 0 unspecified atom stereocenters. The van der Waals surface area contributed by atoms with Crippen LogP contribution >= 0.6 is 0 Å². The van der Waals surface area contributed by atoms with Crippen molar-refractivity contribution < 1.29 is 9.53 Å². The Morgan fingerprint density at radius 2 is 2.00 bits per heavy atom. The van der Waals surface area contributed by atoms with Crippen LogP contribution in [0.4, 0.5) is 5.69 Å². The van der Waals surface area contributed by atoms with Crippen molar-refractivity contribution in [3.63, 3.8) is 0 Å². The molecule has 0 radical (unpaired) electrons. The SMILES string of the molecule is NC(=O)CCOc1ccc(NC2CCNCC2)cc1. The van der Waals surface area contributed by atoms with Crippen LogP contribution in [0.1, 0.15) is 19.3 Å². The smallest absolute Gasteiger partial charge is 0.220 e. The first kappa shape index (κ1) is 13.7. The number of benzene rings is 1. The van der Waals surface area contributed by atoms with Gasteiger partial charge in [-0.25, -0.2) is 0 Å². The van der Waals surface area contributed by atoms with E-state index in [-0.39, 0.29) is 12.3 Å². The normalized spacial score (nSPS) is 16.0. The van der Waals surface area contributed by atoms with E-state index in [9.17, 15) is 4.79 Å². The van der Waals surface area contributed by atoms with Crippen LogP contribution < -0.4 is 21.1 Å². The first-order valence-electron chi connectivity index (χ1n) is 6.72. The fourth-order valence-corrected chi connectivity index (χ4v) is 2.12. The summed E-state index contributed by atoms with van der Waals surface area (Å²) in [5, 5.41) is 6.86. The number of nitrogens with two attached hydrogens (primary N) is 1. The second kappa shape index (κ2) is 6.99. The fourth-order valence-electron chi connectivity index (χ4n) is 2.12. The van der Waals surface area contributed by atoms with Crippen molar-refractivity contribution >= 4 is 11.6 Å². The fraction of sp³-hybridized carbons (Fsp3) is 0.500. The molecule has 1 aromatic rings. The van der Waals surface area contributed by atoms with Crippen molar-refractivity contribution in [3.8, 4) is 5.75 Å². The van der Waals surface area contributed by atoms with Crippen LogP contribution in [-0.2, 0) is 4.79 Å². The maximum atomic E-state index is 10.6. The van der Waals surface area contributed by atoms with Gasteiger partial charge in [0.1, 0.15) is 5.75 Å². The second-order valence-corrected chi connectivity index (χ2v) is 4.76. The number of amides is 1. The van der Waals surface area contributed by atoms with E-state index < -0.39 is 0 Å². The summed E-state index contributed by atoms with van der Waals surface area (Å²) in [4.78, 5) is 10.6. The van der Waals surface area contributed by atoms with E-state index in [1.54, 1.807) is 0 Å². The molecule has 4 N–H and O–H groups in total. The lowest BCUT2D eigenvalue weighted by molar-refractivity contribution is -0.118. The van der Waals surface area contributed by atoms with Crippen molar-refractivity contribution in [2.75, 3.05) is 25.0 Å². The zero-order valence-corrected chi connectivity index (χ0v) is 11.0. The van der Waals surface area contributed by atoms with Gasteiger partial charge in [0.25, 0.3) is 0 Å². The zero-order chi connectivity index (χ0) is 13.5. The van der Waals surface area contributed by atoms with E-state index in [1.807, 2.05) is 24.3 Å². The van der Waals surface area contributed by atoms with Crippen LogP contribution in [0, 0.1) is 0 Å². The summed E-state index contributed by atoms with van der Waals surface area (Å²) in [6.07, 6.45) is 2.54. The molecule has 1 heterocycles. The molecule has 1 aliphatic rings. The first-order valence-corrected chi connectivity index (χ1v) is 6.72. The highest BCUT2D eigenvalue weighted by molar-refractivity contribution is 5.73. The lowest BCUT2D eigenvalue weighted by Crippen LogP contribution is -2.35. The van der Waals surface area contributed by atoms with E-state index in [2.05, 4.69) is 10.6 Å². The molecule has 1 aromatic carbocycles. The molecule has 1 aliphatic heterocycles. The Balaban J connectivity index is 1.78. The third kappa shape index (κ3) is 4.79. The molecule has 1 amide bonds. The van der Waals surface area contributed by atoms with Crippen molar-refractivity contribution in [1.29, 1.82) is 0 Å². The van der Waals surface area contributed by atoms with Crippen LogP contribution in [0.5, 0.6) is 5.75 Å². The predicted molar refractivity (Wildman–Crippen MR) is 75.3 cm³/mol. The van der Waals surface area contributed by atoms with Crippen molar-refractivity contribution in [2.45, 2.75) is 25.3 Å². The monoisotopic (exact) mass is 263 g/mol. The topological polar surface area (TPSA) is 76.4 Å². The number of primary amides is 1. The van der Waals surface area contributed by atoms with Gasteiger partial charge in [0.05, 0.1) is 13.0 Å². The predicted octanol–water partition coefficient (Wildman–Crippen LogP) is 1.10. The van der Waals surface area contributed by atoms with Gasteiger partial charge in [-0.2, -0.15) is 0 Å². The largest absolute Gasteiger partial charge is 0.493 e. The molecule has 5 heteroatoms. The van der Waals surface area contributed by atoms with E-state index in [0.29, 0.717) is 12.6 Å². The minimum Gasteiger partial charge on any atom is -0.493 e. The summed E-state index contributed by atoms with van der Waals surface area (Å²) in [5.74, 6) is 0.418. The average Bonchev–Trinajstić information content (AvgIpc) is 2.42. The molecule has 0 atom stereocenters. The number of anilines is 1. The van der Waals surface area contributed by atoms with Crippen molar-refractivity contribution in [1.82, 2.24) is 5.32 Å². The van der Waals surface area contributed by atoms with Crippen LogP contribution in [0.15, 0.2) is 24.3 Å². The Bertz CT molecular complexity index is 400. The molecule has 19 heavy (non-hydrogen) atoms. The molecule has 2 rings (SSSR count). The molecule has 0 aromatic heterocycles. The maximum Gasteiger partial charge on any atom is 0.220 e. The van der Waals surface area contributed by atoms with Crippen molar-refractivity contribution in [3.05, 3.63) is 24.3 Å². The Morgan fingerprint density at radius 3 is 2.63 bits per heavy atom. The molecule has 1 fully saturated rings. The number of ether oxygens (including phenoxy) is 1. The van der Waals surface area contributed by atoms with Gasteiger partial charge in [0, 0.05) is 11.7 Å². The van der Waals surface area contributed by atoms with E-state index in [4.69, 9.17) is 10.5 Å². The van der Waals surface area contributed by atoms with Gasteiger partial charge >= 0.3 is 0 Å². The van der Waals surface area contributed by atoms with Gasteiger partial charge in [0.15, 0.2) is 0 Å². The molecule has 1 saturated heterocycles. The molecule has 104 valence electrons. The number of hydrogen-bond acceptors (Lipinski definition) is 4. The maximum absolute atomic E-state index is 10.6. The van der Waals surface area contributed by atoms with Gasteiger partial charge in [-0.15, -0.1) is 0 Å². The molecule has 0 bridgehead atoms. The number of hydrogen-bond donors (Lipinski definition) is 3. The summed E-state index contributed by atoms with van der Waals surface area (Å²) in [6.45, 7) is 2.48. The summed E-state index contributed by atoms with van der Waals surface area (Å²) < 4.78 is 5.42. The minimum absolute atomic E-state index is 0.245. The van der Waals surface area contributed by atoms with Crippen LogP contribution in [0.25, 0.3) is 0 Å². The third-order valence-electron chi connectivity index (χ3n) is 3.18. The average molecular weight is 263 g/mol. The Kier molecular flexibility index (Phi) is 5.03. The van der Waals surface area contributed by atoms with Crippen molar-refractivity contribution in [2.24, 2.45) is 5.73 Å². The van der Waals surface area contributed by atoms with Crippen LogP contribution in [0.2, 0.25) is 0 Å². The molecule has 5 nitrogen and oxygen atoms in total. The molecular formula is C14H21N3O2. The zero-order valence-electron chi connectivity index (χ0n) is 11.0. The van der Waals surface area contributed by atoms with Gasteiger partial charge < -0.3 is 21.1 Å². The van der Waals surface area contributed by atoms with E-state index >= 15 is 0 Å². The number of rotatable bonds is 6. The highest BCUT2D eigenvalue weighted by Gasteiger charge is 2.12. The highest BCUT2D eigenvalue weighted by atomic mass is 16.5. The van der Waals surface area contributed by atoms with Gasteiger partial charge in [-0.05, 0) is 50.2 Å². The highest BCUT2D eigenvalue weighted by Crippen LogP contribution is 2.18. The number of carbonyl (C=O) groups excluding carboxylic acids is 1. The molecular weight excluding hydrogens is 242 g/mol. The Labute approximate surface area is 113 Å². The van der Waals surface area contributed by atoms with E-state index in [1.165, 1.54) is 0 Å². The lowest BCUT2D eigenvalue weighted by Gasteiger charge is -2.24. The summed E-state index contributed by atoms with van der Waals surface area (Å²) in [7, 11) is 0. The van der Waals surface area contributed by atoms with Gasteiger partial charge in [0.2, 0.25) is 5.91 Å². The summed E-state index contributed by atoms with van der Waals surface area (Å²) >= 11 is 0. The van der Waals surface area contributed by atoms with Crippen LogP contribution in [-0.4, -0.2) is 31.6 Å². The van der Waals surface area contributed by atoms with Gasteiger partial charge in [-0.3, -0.25) is 4.79 Å². The second-order valence-electron chi connectivity index (χ2n) is 4.76. The van der Waals surface area contributed by atoms with E-state index in [0.717, 1.165) is 37.4 Å². The molecule has 0 saturated carbocycles. The third-order valence-corrected chi connectivity index (χ3v) is 3.18. The minimum atomic E-state index is -0.343.